The molecule has 1 aromatic carbocycles. The van der Waals surface area contributed by atoms with Crippen LogP contribution in [-0.2, 0) is 6.54 Å². The summed E-state index contributed by atoms with van der Waals surface area (Å²) in [7, 11) is 0. The molecule has 0 atom stereocenters. The van der Waals surface area contributed by atoms with Crippen molar-refractivity contribution >= 4 is 0 Å². The van der Waals surface area contributed by atoms with Crippen LogP contribution in [0.4, 0.5) is 4.39 Å². The molecule has 16 heavy (non-hydrogen) atoms. The lowest BCUT2D eigenvalue weighted by molar-refractivity contribution is 0.103. The summed E-state index contributed by atoms with van der Waals surface area (Å²) in [4.78, 5) is 0. The van der Waals surface area contributed by atoms with Crippen LogP contribution in [0.3, 0.4) is 0 Å². The van der Waals surface area contributed by atoms with E-state index in [9.17, 15) is 4.39 Å². The van der Waals surface area contributed by atoms with Crippen LogP contribution in [0.1, 0.15) is 18.1 Å². The second-order valence-corrected chi connectivity index (χ2v) is 4.30. The van der Waals surface area contributed by atoms with Gasteiger partial charge in [-0.1, -0.05) is 6.07 Å². The van der Waals surface area contributed by atoms with E-state index in [2.05, 4.69) is 5.32 Å². The molecule has 90 valence electrons. The van der Waals surface area contributed by atoms with Crippen molar-refractivity contribution in [2.24, 2.45) is 0 Å². The van der Waals surface area contributed by atoms with E-state index in [0.717, 1.165) is 11.1 Å². The largest absolute Gasteiger partial charge is 0.394 e. The smallest absolute Gasteiger partial charge is 0.123 e. The highest BCUT2D eigenvalue weighted by molar-refractivity contribution is 5.26. The van der Waals surface area contributed by atoms with Crippen LogP contribution in [0.25, 0.3) is 0 Å². The van der Waals surface area contributed by atoms with Crippen LogP contribution in [0.2, 0.25) is 0 Å². The lowest BCUT2D eigenvalue weighted by atomic mass is 10.0. The van der Waals surface area contributed by atoms with Crippen LogP contribution in [0.15, 0.2) is 18.2 Å². The maximum atomic E-state index is 13.0. The van der Waals surface area contributed by atoms with Gasteiger partial charge in [0.15, 0.2) is 0 Å². The third kappa shape index (κ3) is 3.27. The number of aliphatic hydroxyl groups is 2. The van der Waals surface area contributed by atoms with E-state index in [1.54, 1.807) is 13.0 Å². The normalized spacial score (nSPS) is 11.8. The summed E-state index contributed by atoms with van der Waals surface area (Å²) in [5, 5.41) is 21.2. The van der Waals surface area contributed by atoms with Crippen molar-refractivity contribution in [2.75, 3.05) is 13.2 Å². The van der Waals surface area contributed by atoms with Gasteiger partial charge in [-0.25, -0.2) is 4.39 Å². The average molecular weight is 227 g/mol. The number of aliphatic hydroxyl groups excluding tert-OH is 2. The van der Waals surface area contributed by atoms with Crippen molar-refractivity contribution in [1.82, 2.24) is 5.32 Å². The zero-order valence-electron chi connectivity index (χ0n) is 9.63. The van der Waals surface area contributed by atoms with Gasteiger partial charge in [0.25, 0.3) is 0 Å². The highest BCUT2D eigenvalue weighted by Crippen LogP contribution is 2.11. The van der Waals surface area contributed by atoms with Gasteiger partial charge in [0, 0.05) is 6.54 Å². The molecular weight excluding hydrogens is 209 g/mol. The number of aryl methyl sites for hydroxylation is 1. The monoisotopic (exact) mass is 227 g/mol. The minimum absolute atomic E-state index is 0.169. The van der Waals surface area contributed by atoms with Gasteiger partial charge in [-0.2, -0.15) is 0 Å². The summed E-state index contributed by atoms with van der Waals surface area (Å²) >= 11 is 0. The predicted molar refractivity (Wildman–Crippen MR) is 60.6 cm³/mol. The van der Waals surface area contributed by atoms with Crippen molar-refractivity contribution in [1.29, 1.82) is 0 Å². The first kappa shape index (κ1) is 13.1. The highest BCUT2D eigenvalue weighted by atomic mass is 19.1. The van der Waals surface area contributed by atoms with Gasteiger partial charge < -0.3 is 15.5 Å². The molecule has 0 radical (unpaired) electrons. The highest BCUT2D eigenvalue weighted by Gasteiger charge is 2.21. The van der Waals surface area contributed by atoms with Crippen LogP contribution >= 0.6 is 0 Å². The predicted octanol–water partition coefficient (Wildman–Crippen LogP) is 0.967. The Bertz CT molecular complexity index is 351. The number of rotatable bonds is 5. The molecular formula is C12H18FNO2. The third-order valence-electron chi connectivity index (χ3n) is 2.71. The van der Waals surface area contributed by atoms with Gasteiger partial charge in [0.2, 0.25) is 0 Å². The quantitative estimate of drug-likeness (QED) is 0.702. The topological polar surface area (TPSA) is 52.5 Å². The Labute approximate surface area is 94.9 Å². The molecule has 0 fully saturated rings. The Morgan fingerprint density at radius 2 is 1.94 bits per heavy atom. The molecule has 4 heteroatoms. The fourth-order valence-electron chi connectivity index (χ4n) is 1.30. The minimum atomic E-state index is -0.737. The lowest BCUT2D eigenvalue weighted by Gasteiger charge is -2.26. The molecule has 1 aromatic rings. The van der Waals surface area contributed by atoms with Crippen LogP contribution in [-0.4, -0.2) is 29.0 Å². The maximum absolute atomic E-state index is 13.0. The SMILES string of the molecule is Cc1ccc(F)cc1CNC(C)(CO)CO. The summed E-state index contributed by atoms with van der Waals surface area (Å²) in [6.45, 7) is 3.68. The summed E-state index contributed by atoms with van der Waals surface area (Å²) in [5.74, 6) is -0.280. The van der Waals surface area contributed by atoms with E-state index < -0.39 is 5.54 Å². The zero-order chi connectivity index (χ0) is 12.2. The standard InChI is InChI=1S/C12H18FNO2/c1-9-3-4-11(13)5-10(9)6-14-12(2,7-15)8-16/h3-5,14-16H,6-8H2,1-2H3. The Morgan fingerprint density at radius 1 is 1.31 bits per heavy atom. The number of hydrogen-bond acceptors (Lipinski definition) is 3. The molecule has 0 saturated heterocycles. The molecule has 3 nitrogen and oxygen atoms in total. The summed E-state index contributed by atoms with van der Waals surface area (Å²) in [5.41, 5.74) is 1.07. The molecule has 0 aromatic heterocycles. The number of halogens is 1. The lowest BCUT2D eigenvalue weighted by Crippen LogP contribution is -2.48. The molecule has 0 saturated carbocycles. The van der Waals surface area contributed by atoms with Crippen LogP contribution in [0, 0.1) is 12.7 Å². The van der Waals surface area contributed by atoms with E-state index in [1.807, 2.05) is 6.92 Å². The molecule has 0 aliphatic heterocycles. The van der Waals surface area contributed by atoms with E-state index >= 15 is 0 Å². The van der Waals surface area contributed by atoms with Crippen molar-refractivity contribution < 1.29 is 14.6 Å². The number of hydrogen-bond donors (Lipinski definition) is 3. The molecule has 0 unspecified atom stereocenters. The molecule has 0 bridgehead atoms. The average Bonchev–Trinajstić information content (AvgIpc) is 2.30. The summed E-state index contributed by atoms with van der Waals surface area (Å²) in [6.07, 6.45) is 0. The summed E-state index contributed by atoms with van der Waals surface area (Å²) < 4.78 is 13.0. The van der Waals surface area contributed by atoms with E-state index in [0.29, 0.717) is 6.54 Å². The third-order valence-corrected chi connectivity index (χ3v) is 2.71. The Kier molecular flexibility index (Phi) is 4.41. The molecule has 1 rings (SSSR count). The Balaban J connectivity index is 2.70. The fourth-order valence-corrected chi connectivity index (χ4v) is 1.30. The van der Waals surface area contributed by atoms with Gasteiger partial charge in [-0.3, -0.25) is 0 Å². The minimum Gasteiger partial charge on any atom is -0.394 e. The molecule has 0 aliphatic carbocycles. The van der Waals surface area contributed by atoms with Crippen LogP contribution in [0.5, 0.6) is 0 Å². The molecule has 3 N–H and O–H groups in total. The van der Waals surface area contributed by atoms with Gasteiger partial charge >= 0.3 is 0 Å². The summed E-state index contributed by atoms with van der Waals surface area (Å²) in [6, 6.07) is 4.58. The molecule has 0 aliphatic rings. The van der Waals surface area contributed by atoms with E-state index in [1.165, 1.54) is 12.1 Å². The Hall–Kier alpha value is -0.970. The van der Waals surface area contributed by atoms with Crippen molar-refractivity contribution in [3.8, 4) is 0 Å². The maximum Gasteiger partial charge on any atom is 0.123 e. The van der Waals surface area contributed by atoms with Gasteiger partial charge in [-0.15, -0.1) is 0 Å². The van der Waals surface area contributed by atoms with E-state index in [-0.39, 0.29) is 19.0 Å². The first-order valence-corrected chi connectivity index (χ1v) is 5.22. The Morgan fingerprint density at radius 3 is 2.50 bits per heavy atom. The molecule has 0 amide bonds. The second kappa shape index (κ2) is 5.39. The first-order valence-electron chi connectivity index (χ1n) is 5.22. The number of nitrogens with one attached hydrogen (secondary N) is 1. The van der Waals surface area contributed by atoms with Crippen molar-refractivity contribution in [2.45, 2.75) is 25.9 Å². The first-order chi connectivity index (χ1) is 7.50. The van der Waals surface area contributed by atoms with Crippen molar-refractivity contribution in [3.63, 3.8) is 0 Å². The zero-order valence-corrected chi connectivity index (χ0v) is 9.63. The van der Waals surface area contributed by atoms with Gasteiger partial charge in [-0.05, 0) is 37.1 Å². The van der Waals surface area contributed by atoms with Gasteiger partial charge in [0.05, 0.1) is 18.8 Å². The number of benzene rings is 1. The fraction of sp³-hybridized carbons (Fsp3) is 0.500. The van der Waals surface area contributed by atoms with E-state index in [4.69, 9.17) is 10.2 Å². The second-order valence-electron chi connectivity index (χ2n) is 4.30. The molecule has 0 heterocycles. The van der Waals surface area contributed by atoms with Crippen LogP contribution < -0.4 is 5.32 Å². The van der Waals surface area contributed by atoms with Crippen molar-refractivity contribution in [3.05, 3.63) is 35.1 Å². The van der Waals surface area contributed by atoms with Gasteiger partial charge in [0.1, 0.15) is 5.82 Å². The molecule has 0 spiro atoms.